The number of aromatic nitrogens is 2. The lowest BCUT2D eigenvalue weighted by Gasteiger charge is -2.37. The average molecular weight is 407 g/mol. The third-order valence-electron chi connectivity index (χ3n) is 5.50. The Kier molecular flexibility index (Phi) is 5.44. The second kappa shape index (κ2) is 8.18. The second-order valence-corrected chi connectivity index (χ2v) is 7.13. The summed E-state index contributed by atoms with van der Waals surface area (Å²) in [4.78, 5) is 23.6. The minimum absolute atomic E-state index is 0.0295. The Morgan fingerprint density at radius 2 is 1.87 bits per heavy atom. The van der Waals surface area contributed by atoms with E-state index in [1.807, 2.05) is 36.4 Å². The second-order valence-electron chi connectivity index (χ2n) is 7.13. The Morgan fingerprint density at radius 1 is 1.13 bits per heavy atom. The van der Waals surface area contributed by atoms with Crippen LogP contribution in [0.5, 0.6) is 11.5 Å². The molecule has 0 saturated carbocycles. The number of fused-ring (bicyclic) bond motifs is 2. The first-order valence-corrected chi connectivity index (χ1v) is 10.0. The van der Waals surface area contributed by atoms with Crippen LogP contribution in [0.15, 0.2) is 36.4 Å². The summed E-state index contributed by atoms with van der Waals surface area (Å²) in [5.74, 6) is 1.73. The van der Waals surface area contributed by atoms with Crippen LogP contribution in [-0.2, 0) is 11.2 Å². The Balaban J connectivity index is 1.82. The molecule has 2 heterocycles. The Hall–Kier alpha value is -3.35. The van der Waals surface area contributed by atoms with Crippen molar-refractivity contribution < 1.29 is 19.0 Å². The van der Waals surface area contributed by atoms with Crippen molar-refractivity contribution in [2.45, 2.75) is 26.3 Å². The van der Waals surface area contributed by atoms with Crippen molar-refractivity contribution in [3.8, 4) is 11.5 Å². The number of esters is 1. The van der Waals surface area contributed by atoms with Gasteiger partial charge in [-0.3, -0.25) is 0 Å². The molecule has 0 N–H and O–H groups in total. The van der Waals surface area contributed by atoms with Crippen LogP contribution in [0, 0.1) is 0 Å². The van der Waals surface area contributed by atoms with Crippen molar-refractivity contribution in [3.05, 3.63) is 53.3 Å². The van der Waals surface area contributed by atoms with Crippen molar-refractivity contribution in [2.24, 2.45) is 0 Å². The van der Waals surface area contributed by atoms with Gasteiger partial charge in [-0.05, 0) is 55.7 Å². The lowest BCUT2D eigenvalue weighted by molar-refractivity contribution is 0.0512. The smallest absolute Gasteiger partial charge is 0.376 e. The zero-order valence-electron chi connectivity index (χ0n) is 17.6. The fraction of sp³-hybridized carbons (Fsp3) is 0.348. The number of carbonyl (C=O) groups excluding carboxylic acids is 1. The van der Waals surface area contributed by atoms with E-state index in [0.717, 1.165) is 41.0 Å². The molecule has 1 aromatic heterocycles. The fourth-order valence-corrected chi connectivity index (χ4v) is 4.00. The zero-order chi connectivity index (χ0) is 21.3. The maximum Gasteiger partial charge on any atom is 0.376 e. The van der Waals surface area contributed by atoms with Crippen LogP contribution < -0.4 is 14.4 Å². The molecule has 7 heteroatoms. The number of carbonyl (C=O) groups is 1. The van der Waals surface area contributed by atoms with E-state index in [4.69, 9.17) is 14.2 Å². The van der Waals surface area contributed by atoms with E-state index in [2.05, 4.69) is 21.8 Å². The molecule has 3 aromatic rings. The molecule has 30 heavy (non-hydrogen) atoms. The molecule has 2 aromatic carbocycles. The van der Waals surface area contributed by atoms with Crippen molar-refractivity contribution in [2.75, 3.05) is 32.3 Å². The van der Waals surface area contributed by atoms with Crippen LogP contribution in [0.1, 0.15) is 41.6 Å². The van der Waals surface area contributed by atoms with Crippen molar-refractivity contribution in [1.82, 2.24) is 9.97 Å². The summed E-state index contributed by atoms with van der Waals surface area (Å²) in [6.07, 6.45) is 0.826. The minimum atomic E-state index is -0.513. The fourth-order valence-electron chi connectivity index (χ4n) is 4.00. The molecule has 7 nitrogen and oxygen atoms in total. The molecule has 0 bridgehead atoms. The molecule has 1 aliphatic heterocycles. The number of ether oxygens (including phenoxy) is 3. The van der Waals surface area contributed by atoms with Gasteiger partial charge in [0.2, 0.25) is 5.82 Å². The van der Waals surface area contributed by atoms with Crippen LogP contribution in [0.4, 0.5) is 5.82 Å². The third-order valence-corrected chi connectivity index (χ3v) is 5.50. The normalized spacial score (nSPS) is 15.6. The van der Waals surface area contributed by atoms with Gasteiger partial charge in [0.15, 0.2) is 11.5 Å². The predicted octanol–water partition coefficient (Wildman–Crippen LogP) is 3.95. The maximum absolute atomic E-state index is 12.4. The highest BCUT2D eigenvalue weighted by Gasteiger charge is 2.29. The van der Waals surface area contributed by atoms with E-state index in [1.54, 1.807) is 21.1 Å². The lowest BCUT2D eigenvalue weighted by Crippen LogP contribution is -2.35. The molecule has 0 radical (unpaired) electrons. The number of anilines is 1. The number of nitrogens with zero attached hydrogens (tertiary/aromatic N) is 3. The SMILES string of the molecule is CCOC(=O)c1nc(N2CCc3cc(OC)c(OC)cc3C2C)c2ccccc2n1. The van der Waals surface area contributed by atoms with E-state index in [-0.39, 0.29) is 18.5 Å². The molecular formula is C23H25N3O4. The van der Waals surface area contributed by atoms with Gasteiger partial charge in [-0.2, -0.15) is 0 Å². The summed E-state index contributed by atoms with van der Waals surface area (Å²) in [7, 11) is 3.28. The molecular weight excluding hydrogens is 382 g/mol. The number of rotatable bonds is 5. The van der Waals surface area contributed by atoms with Crippen molar-refractivity contribution in [3.63, 3.8) is 0 Å². The summed E-state index contributed by atoms with van der Waals surface area (Å²) in [5, 5.41) is 0.904. The Labute approximate surface area is 175 Å². The summed E-state index contributed by atoms with van der Waals surface area (Å²) >= 11 is 0. The Bertz CT molecular complexity index is 1100. The van der Waals surface area contributed by atoms with Crippen LogP contribution >= 0.6 is 0 Å². The van der Waals surface area contributed by atoms with Gasteiger partial charge in [0.1, 0.15) is 5.82 Å². The molecule has 1 atom stereocenters. The van der Waals surface area contributed by atoms with Gasteiger partial charge in [-0.15, -0.1) is 0 Å². The van der Waals surface area contributed by atoms with Crippen LogP contribution in [0.2, 0.25) is 0 Å². The molecule has 1 aliphatic rings. The molecule has 1 unspecified atom stereocenters. The summed E-state index contributed by atoms with van der Waals surface area (Å²) in [5.41, 5.74) is 3.09. The molecule has 0 fully saturated rings. The van der Waals surface area contributed by atoms with E-state index < -0.39 is 5.97 Å². The topological polar surface area (TPSA) is 73.8 Å². The molecule has 0 aliphatic carbocycles. The van der Waals surface area contributed by atoms with Gasteiger partial charge in [-0.25, -0.2) is 14.8 Å². The highest BCUT2D eigenvalue weighted by atomic mass is 16.5. The van der Waals surface area contributed by atoms with Gasteiger partial charge < -0.3 is 19.1 Å². The lowest BCUT2D eigenvalue weighted by atomic mass is 9.92. The molecule has 4 rings (SSSR count). The first-order valence-electron chi connectivity index (χ1n) is 10.0. The standard InChI is InChI=1S/C23H25N3O4/c1-5-30-23(27)21-24-18-9-7-6-8-16(18)22(25-21)26-11-10-15-12-19(28-3)20(29-4)13-17(15)14(26)2/h6-9,12-14H,5,10-11H2,1-4H3. The minimum Gasteiger partial charge on any atom is -0.493 e. The van der Waals surface area contributed by atoms with Gasteiger partial charge >= 0.3 is 5.97 Å². The molecule has 156 valence electrons. The third kappa shape index (κ3) is 3.40. The number of hydrogen-bond donors (Lipinski definition) is 0. The first-order chi connectivity index (χ1) is 14.6. The van der Waals surface area contributed by atoms with Crippen LogP contribution in [0.25, 0.3) is 10.9 Å². The van der Waals surface area contributed by atoms with Crippen molar-refractivity contribution >= 4 is 22.7 Å². The summed E-state index contributed by atoms with van der Waals surface area (Å²) < 4.78 is 16.1. The highest BCUT2D eigenvalue weighted by Crippen LogP contribution is 2.40. The van der Waals surface area contributed by atoms with E-state index in [0.29, 0.717) is 5.75 Å². The summed E-state index contributed by atoms with van der Waals surface area (Å²) in [6.45, 7) is 4.93. The Morgan fingerprint density at radius 3 is 2.60 bits per heavy atom. The highest BCUT2D eigenvalue weighted by molar-refractivity contribution is 5.94. The number of methoxy groups -OCH3 is 2. The number of hydrogen-bond acceptors (Lipinski definition) is 7. The van der Waals surface area contributed by atoms with E-state index >= 15 is 0 Å². The number of benzene rings is 2. The number of para-hydroxylation sites is 1. The predicted molar refractivity (Wildman–Crippen MR) is 115 cm³/mol. The van der Waals surface area contributed by atoms with Crippen LogP contribution in [0.3, 0.4) is 0 Å². The quantitative estimate of drug-likeness (QED) is 0.593. The zero-order valence-corrected chi connectivity index (χ0v) is 17.6. The van der Waals surface area contributed by atoms with Crippen LogP contribution in [-0.4, -0.2) is 43.3 Å². The first kappa shape index (κ1) is 19.9. The van der Waals surface area contributed by atoms with Gasteiger partial charge in [0, 0.05) is 11.9 Å². The largest absolute Gasteiger partial charge is 0.493 e. The monoisotopic (exact) mass is 407 g/mol. The van der Waals surface area contributed by atoms with Gasteiger partial charge in [-0.1, -0.05) is 12.1 Å². The van der Waals surface area contributed by atoms with Gasteiger partial charge in [0.05, 0.1) is 32.4 Å². The van der Waals surface area contributed by atoms with Gasteiger partial charge in [0.25, 0.3) is 0 Å². The molecule has 0 spiro atoms. The maximum atomic E-state index is 12.4. The molecule has 0 saturated heterocycles. The average Bonchev–Trinajstić information content (AvgIpc) is 2.78. The summed E-state index contributed by atoms with van der Waals surface area (Å²) in [6, 6.07) is 11.8. The van der Waals surface area contributed by atoms with E-state index in [1.165, 1.54) is 5.56 Å². The van der Waals surface area contributed by atoms with Crippen molar-refractivity contribution in [1.29, 1.82) is 0 Å². The molecule has 0 amide bonds. The van der Waals surface area contributed by atoms with E-state index in [9.17, 15) is 4.79 Å².